The normalized spacial score (nSPS) is 16.9. The van der Waals surface area contributed by atoms with Crippen LogP contribution < -0.4 is 5.32 Å². The van der Waals surface area contributed by atoms with E-state index < -0.39 is 0 Å². The summed E-state index contributed by atoms with van der Waals surface area (Å²) in [5.41, 5.74) is 0. The zero-order valence-corrected chi connectivity index (χ0v) is 14.1. The predicted molar refractivity (Wildman–Crippen MR) is 90.4 cm³/mol. The molecular formula is C18H38N2. The van der Waals surface area contributed by atoms with Crippen molar-refractivity contribution in [3.8, 4) is 0 Å². The smallest absolute Gasteiger partial charge is 0.0107 e. The Balaban J connectivity index is 2.12. The molecule has 0 aromatic carbocycles. The third-order valence-electron chi connectivity index (χ3n) is 4.62. The molecule has 0 unspecified atom stereocenters. The molecule has 1 heterocycles. The second-order valence-electron chi connectivity index (χ2n) is 6.54. The van der Waals surface area contributed by atoms with Crippen LogP contribution in [-0.4, -0.2) is 37.1 Å². The molecule has 1 N–H and O–H groups in total. The Morgan fingerprint density at radius 1 is 0.850 bits per heavy atom. The summed E-state index contributed by atoms with van der Waals surface area (Å²) in [5, 5.41) is 3.84. The number of piperidine rings is 1. The minimum atomic E-state index is 0.776. The van der Waals surface area contributed by atoms with Gasteiger partial charge in [-0.1, -0.05) is 58.8 Å². The molecule has 0 bridgehead atoms. The van der Waals surface area contributed by atoms with E-state index in [1.807, 2.05) is 0 Å². The fourth-order valence-corrected chi connectivity index (χ4v) is 3.24. The standard InChI is InChI=1S/C18H38N2/c1-3-5-8-12-18(13-9-6-4-2)19-14-17-20-15-10-7-11-16-20/h18-19H,3-17H2,1-2H3. The number of hydrogen-bond acceptors (Lipinski definition) is 2. The van der Waals surface area contributed by atoms with Crippen molar-refractivity contribution >= 4 is 0 Å². The van der Waals surface area contributed by atoms with Crippen molar-refractivity contribution in [3.63, 3.8) is 0 Å². The van der Waals surface area contributed by atoms with E-state index in [4.69, 9.17) is 0 Å². The Hall–Kier alpha value is -0.0800. The van der Waals surface area contributed by atoms with E-state index >= 15 is 0 Å². The Kier molecular flexibility index (Phi) is 11.4. The average Bonchev–Trinajstić information content (AvgIpc) is 2.48. The van der Waals surface area contributed by atoms with Gasteiger partial charge in [-0.25, -0.2) is 0 Å². The van der Waals surface area contributed by atoms with Gasteiger partial charge in [0.25, 0.3) is 0 Å². The molecule has 2 nitrogen and oxygen atoms in total. The molecule has 0 saturated carbocycles. The molecule has 120 valence electrons. The maximum atomic E-state index is 3.84. The first kappa shape index (κ1) is 18.0. The molecule has 0 amide bonds. The lowest BCUT2D eigenvalue weighted by Crippen LogP contribution is -2.39. The fraction of sp³-hybridized carbons (Fsp3) is 1.00. The predicted octanol–water partition coefficient (Wildman–Crippen LogP) is 4.59. The van der Waals surface area contributed by atoms with Crippen LogP contribution in [0.2, 0.25) is 0 Å². The molecule has 0 aromatic heterocycles. The molecule has 1 fully saturated rings. The number of hydrogen-bond donors (Lipinski definition) is 1. The summed E-state index contributed by atoms with van der Waals surface area (Å²) in [5.74, 6) is 0. The Labute approximate surface area is 127 Å². The number of likely N-dealkylation sites (tertiary alicyclic amines) is 1. The molecule has 2 heteroatoms. The SMILES string of the molecule is CCCCCC(CCCCC)NCCN1CCCCC1. The van der Waals surface area contributed by atoms with Crippen LogP contribution in [0, 0.1) is 0 Å². The topological polar surface area (TPSA) is 15.3 Å². The van der Waals surface area contributed by atoms with Crippen LogP contribution in [-0.2, 0) is 0 Å². The summed E-state index contributed by atoms with van der Waals surface area (Å²) in [6.45, 7) is 9.72. The van der Waals surface area contributed by atoms with Gasteiger partial charge >= 0.3 is 0 Å². The largest absolute Gasteiger partial charge is 0.313 e. The van der Waals surface area contributed by atoms with E-state index in [-0.39, 0.29) is 0 Å². The summed E-state index contributed by atoms with van der Waals surface area (Å²) in [4.78, 5) is 2.64. The minimum absolute atomic E-state index is 0.776. The molecule has 0 aliphatic carbocycles. The van der Waals surface area contributed by atoms with Gasteiger partial charge in [0.2, 0.25) is 0 Å². The molecule has 0 atom stereocenters. The van der Waals surface area contributed by atoms with Crippen LogP contribution in [0.15, 0.2) is 0 Å². The summed E-state index contributed by atoms with van der Waals surface area (Å²) < 4.78 is 0. The highest BCUT2D eigenvalue weighted by molar-refractivity contribution is 4.70. The molecule has 1 saturated heterocycles. The second kappa shape index (κ2) is 12.6. The summed E-state index contributed by atoms with van der Waals surface area (Å²) in [6, 6.07) is 0.776. The van der Waals surface area contributed by atoms with Gasteiger partial charge in [0.1, 0.15) is 0 Å². The minimum Gasteiger partial charge on any atom is -0.313 e. The van der Waals surface area contributed by atoms with E-state index in [0.717, 1.165) is 6.04 Å². The molecule has 20 heavy (non-hydrogen) atoms. The third kappa shape index (κ3) is 8.97. The number of rotatable bonds is 12. The molecule has 0 aromatic rings. The highest BCUT2D eigenvalue weighted by Gasteiger charge is 2.11. The first-order valence-electron chi connectivity index (χ1n) is 9.32. The van der Waals surface area contributed by atoms with E-state index in [1.54, 1.807) is 0 Å². The molecule has 1 aliphatic heterocycles. The van der Waals surface area contributed by atoms with E-state index in [1.165, 1.54) is 96.8 Å². The van der Waals surface area contributed by atoms with E-state index in [2.05, 4.69) is 24.1 Å². The van der Waals surface area contributed by atoms with E-state index in [9.17, 15) is 0 Å². The Morgan fingerprint density at radius 2 is 1.45 bits per heavy atom. The maximum absolute atomic E-state index is 3.84. The van der Waals surface area contributed by atoms with Gasteiger partial charge in [-0.15, -0.1) is 0 Å². The first-order valence-corrected chi connectivity index (χ1v) is 9.32. The van der Waals surface area contributed by atoms with Crippen LogP contribution in [0.1, 0.15) is 84.5 Å². The molecule has 0 spiro atoms. The summed E-state index contributed by atoms with van der Waals surface area (Å²) >= 11 is 0. The van der Waals surface area contributed by atoms with Crippen molar-refractivity contribution in [2.75, 3.05) is 26.2 Å². The Bertz CT molecular complexity index is 190. The van der Waals surface area contributed by atoms with Crippen molar-refractivity contribution < 1.29 is 0 Å². The van der Waals surface area contributed by atoms with Gasteiger partial charge in [-0.3, -0.25) is 0 Å². The quantitative estimate of drug-likeness (QED) is 0.527. The molecule has 0 radical (unpaired) electrons. The molecular weight excluding hydrogens is 244 g/mol. The maximum Gasteiger partial charge on any atom is 0.0107 e. The van der Waals surface area contributed by atoms with Gasteiger partial charge in [0.15, 0.2) is 0 Å². The Morgan fingerprint density at radius 3 is 2.00 bits per heavy atom. The highest BCUT2D eigenvalue weighted by Crippen LogP contribution is 2.11. The zero-order chi connectivity index (χ0) is 14.5. The van der Waals surface area contributed by atoms with Gasteiger partial charge < -0.3 is 10.2 Å². The van der Waals surface area contributed by atoms with Crippen molar-refractivity contribution in [2.45, 2.75) is 90.5 Å². The van der Waals surface area contributed by atoms with Crippen LogP contribution in [0.25, 0.3) is 0 Å². The summed E-state index contributed by atoms with van der Waals surface area (Å²) in [6.07, 6.45) is 15.3. The van der Waals surface area contributed by atoms with Crippen LogP contribution >= 0.6 is 0 Å². The number of nitrogens with one attached hydrogen (secondary N) is 1. The zero-order valence-electron chi connectivity index (χ0n) is 14.1. The van der Waals surface area contributed by atoms with Crippen LogP contribution in [0.4, 0.5) is 0 Å². The van der Waals surface area contributed by atoms with Crippen molar-refractivity contribution in [1.29, 1.82) is 0 Å². The number of nitrogens with zero attached hydrogens (tertiary/aromatic N) is 1. The molecule has 1 aliphatic rings. The average molecular weight is 283 g/mol. The lowest BCUT2D eigenvalue weighted by atomic mass is 10.0. The number of unbranched alkanes of at least 4 members (excludes halogenated alkanes) is 4. The van der Waals surface area contributed by atoms with Gasteiger partial charge in [-0.2, -0.15) is 0 Å². The van der Waals surface area contributed by atoms with Crippen molar-refractivity contribution in [1.82, 2.24) is 10.2 Å². The fourth-order valence-electron chi connectivity index (χ4n) is 3.24. The second-order valence-corrected chi connectivity index (χ2v) is 6.54. The monoisotopic (exact) mass is 282 g/mol. The summed E-state index contributed by atoms with van der Waals surface area (Å²) in [7, 11) is 0. The van der Waals surface area contributed by atoms with Crippen LogP contribution in [0.5, 0.6) is 0 Å². The van der Waals surface area contributed by atoms with Gasteiger partial charge in [0, 0.05) is 19.1 Å². The first-order chi connectivity index (χ1) is 9.86. The lowest BCUT2D eigenvalue weighted by molar-refractivity contribution is 0.224. The van der Waals surface area contributed by atoms with Gasteiger partial charge in [0.05, 0.1) is 0 Å². The lowest BCUT2D eigenvalue weighted by Gasteiger charge is -2.27. The highest BCUT2D eigenvalue weighted by atomic mass is 15.1. The van der Waals surface area contributed by atoms with Gasteiger partial charge in [-0.05, 0) is 38.8 Å². The van der Waals surface area contributed by atoms with Crippen molar-refractivity contribution in [2.24, 2.45) is 0 Å². The van der Waals surface area contributed by atoms with Crippen molar-refractivity contribution in [3.05, 3.63) is 0 Å². The molecule has 1 rings (SSSR count). The van der Waals surface area contributed by atoms with Crippen LogP contribution in [0.3, 0.4) is 0 Å². The third-order valence-corrected chi connectivity index (χ3v) is 4.62. The van der Waals surface area contributed by atoms with E-state index in [0.29, 0.717) is 0 Å².